The van der Waals surface area contributed by atoms with Gasteiger partial charge in [-0.2, -0.15) is 0 Å². The number of nitrogens with one attached hydrogen (secondary N) is 1. The lowest BCUT2D eigenvalue weighted by atomic mass is 10.0. The third-order valence-electron chi connectivity index (χ3n) is 2.97. The standard InChI is InChI=1S/C17H29NO/c1-7-18-16(12-19-17(4,5)6)11-15-9-13(2)8-14(3)10-15/h8-10,16,18H,7,11-12H2,1-6H3. The topological polar surface area (TPSA) is 21.3 Å². The summed E-state index contributed by atoms with van der Waals surface area (Å²) in [6.07, 6.45) is 1.02. The predicted molar refractivity (Wildman–Crippen MR) is 82.8 cm³/mol. The van der Waals surface area contributed by atoms with Crippen LogP contribution in [0.3, 0.4) is 0 Å². The molecule has 0 saturated carbocycles. The summed E-state index contributed by atoms with van der Waals surface area (Å²) in [5.74, 6) is 0. The Labute approximate surface area is 118 Å². The summed E-state index contributed by atoms with van der Waals surface area (Å²) >= 11 is 0. The van der Waals surface area contributed by atoms with Gasteiger partial charge in [0.05, 0.1) is 12.2 Å². The zero-order valence-electron chi connectivity index (χ0n) is 13.3. The molecule has 0 aromatic heterocycles. The molecule has 1 aromatic rings. The number of hydrogen-bond donors (Lipinski definition) is 1. The van der Waals surface area contributed by atoms with Gasteiger partial charge in [0.2, 0.25) is 0 Å². The van der Waals surface area contributed by atoms with Gasteiger partial charge in [-0.25, -0.2) is 0 Å². The molecular formula is C17H29NO. The summed E-state index contributed by atoms with van der Waals surface area (Å²) in [5, 5.41) is 3.52. The summed E-state index contributed by atoms with van der Waals surface area (Å²) in [4.78, 5) is 0. The van der Waals surface area contributed by atoms with Crippen molar-refractivity contribution < 1.29 is 4.74 Å². The van der Waals surface area contributed by atoms with E-state index in [1.165, 1.54) is 16.7 Å². The van der Waals surface area contributed by atoms with Gasteiger partial charge in [0, 0.05) is 6.04 Å². The van der Waals surface area contributed by atoms with Gasteiger partial charge in [-0.15, -0.1) is 0 Å². The summed E-state index contributed by atoms with van der Waals surface area (Å²) in [5.41, 5.74) is 3.99. The van der Waals surface area contributed by atoms with Crippen LogP contribution in [0.5, 0.6) is 0 Å². The molecule has 0 aliphatic carbocycles. The van der Waals surface area contributed by atoms with Gasteiger partial charge in [-0.1, -0.05) is 36.2 Å². The molecule has 1 atom stereocenters. The van der Waals surface area contributed by atoms with Crippen molar-refractivity contribution in [3.63, 3.8) is 0 Å². The molecule has 0 amide bonds. The molecule has 1 N–H and O–H groups in total. The molecule has 0 fully saturated rings. The summed E-state index contributed by atoms with van der Waals surface area (Å²) in [7, 11) is 0. The van der Waals surface area contributed by atoms with E-state index >= 15 is 0 Å². The van der Waals surface area contributed by atoms with Gasteiger partial charge in [-0.3, -0.25) is 0 Å². The fourth-order valence-electron chi connectivity index (χ4n) is 2.30. The van der Waals surface area contributed by atoms with Crippen molar-refractivity contribution in [1.82, 2.24) is 5.32 Å². The van der Waals surface area contributed by atoms with Crippen LogP contribution in [0.2, 0.25) is 0 Å². The van der Waals surface area contributed by atoms with Crippen LogP contribution in [0.4, 0.5) is 0 Å². The van der Waals surface area contributed by atoms with E-state index in [0.717, 1.165) is 19.6 Å². The molecule has 1 unspecified atom stereocenters. The minimum absolute atomic E-state index is 0.0732. The molecule has 19 heavy (non-hydrogen) atoms. The monoisotopic (exact) mass is 263 g/mol. The van der Waals surface area contributed by atoms with E-state index in [0.29, 0.717) is 6.04 Å². The molecule has 2 nitrogen and oxygen atoms in total. The van der Waals surface area contributed by atoms with Crippen molar-refractivity contribution in [3.05, 3.63) is 34.9 Å². The highest BCUT2D eigenvalue weighted by Crippen LogP contribution is 2.13. The number of rotatable bonds is 6. The zero-order chi connectivity index (χ0) is 14.5. The Hall–Kier alpha value is -0.860. The van der Waals surface area contributed by atoms with Crippen LogP contribution in [0.15, 0.2) is 18.2 Å². The summed E-state index contributed by atoms with van der Waals surface area (Å²) in [6, 6.07) is 7.14. The Bertz CT molecular complexity index is 372. The largest absolute Gasteiger partial charge is 0.374 e. The first kappa shape index (κ1) is 16.2. The molecule has 0 bridgehead atoms. The maximum Gasteiger partial charge on any atom is 0.0629 e. The van der Waals surface area contributed by atoms with E-state index in [2.05, 4.69) is 65.1 Å². The lowest BCUT2D eigenvalue weighted by Gasteiger charge is -2.25. The molecule has 0 aliphatic heterocycles. The SMILES string of the molecule is CCNC(COC(C)(C)C)Cc1cc(C)cc(C)c1. The number of benzene rings is 1. The van der Waals surface area contributed by atoms with E-state index in [1.807, 2.05) is 0 Å². The van der Waals surface area contributed by atoms with Crippen LogP contribution in [0.25, 0.3) is 0 Å². The van der Waals surface area contributed by atoms with E-state index in [4.69, 9.17) is 4.74 Å². The van der Waals surface area contributed by atoms with Crippen molar-refractivity contribution in [1.29, 1.82) is 0 Å². The molecule has 0 heterocycles. The Morgan fingerprint density at radius 1 is 1.11 bits per heavy atom. The van der Waals surface area contributed by atoms with Gasteiger partial charge in [0.1, 0.15) is 0 Å². The minimum atomic E-state index is -0.0732. The molecular weight excluding hydrogens is 234 g/mol. The summed E-state index contributed by atoms with van der Waals surface area (Å²) in [6.45, 7) is 14.5. The lowest BCUT2D eigenvalue weighted by Crippen LogP contribution is -2.38. The van der Waals surface area contributed by atoms with Crippen LogP contribution >= 0.6 is 0 Å². The first-order chi connectivity index (χ1) is 8.80. The predicted octanol–water partition coefficient (Wildman–Crippen LogP) is 3.64. The average molecular weight is 263 g/mol. The van der Waals surface area contributed by atoms with Crippen LogP contribution in [0.1, 0.15) is 44.4 Å². The number of likely N-dealkylation sites (N-methyl/N-ethyl adjacent to an activating group) is 1. The Balaban J connectivity index is 2.66. The highest BCUT2D eigenvalue weighted by atomic mass is 16.5. The maximum atomic E-state index is 5.91. The quantitative estimate of drug-likeness (QED) is 0.846. The van der Waals surface area contributed by atoms with E-state index in [9.17, 15) is 0 Å². The number of hydrogen-bond acceptors (Lipinski definition) is 2. The van der Waals surface area contributed by atoms with Crippen molar-refractivity contribution in [2.45, 2.75) is 59.6 Å². The van der Waals surface area contributed by atoms with E-state index in [1.54, 1.807) is 0 Å². The first-order valence-electron chi connectivity index (χ1n) is 7.24. The fourth-order valence-corrected chi connectivity index (χ4v) is 2.30. The van der Waals surface area contributed by atoms with Crippen molar-refractivity contribution in [2.24, 2.45) is 0 Å². The van der Waals surface area contributed by atoms with Gasteiger partial charge in [-0.05, 0) is 53.1 Å². The van der Waals surface area contributed by atoms with Gasteiger partial charge in [0.25, 0.3) is 0 Å². The first-order valence-corrected chi connectivity index (χ1v) is 7.24. The maximum absolute atomic E-state index is 5.91. The van der Waals surface area contributed by atoms with Crippen LogP contribution in [0, 0.1) is 13.8 Å². The molecule has 0 aliphatic rings. The Morgan fingerprint density at radius 3 is 2.16 bits per heavy atom. The zero-order valence-corrected chi connectivity index (χ0v) is 13.3. The van der Waals surface area contributed by atoms with E-state index < -0.39 is 0 Å². The normalized spacial score (nSPS) is 13.6. The molecule has 0 saturated heterocycles. The average Bonchev–Trinajstić information content (AvgIpc) is 2.23. The molecule has 1 rings (SSSR count). The third kappa shape index (κ3) is 6.74. The summed E-state index contributed by atoms with van der Waals surface area (Å²) < 4.78 is 5.91. The second-order valence-corrected chi connectivity index (χ2v) is 6.38. The Morgan fingerprint density at radius 2 is 1.68 bits per heavy atom. The van der Waals surface area contributed by atoms with Crippen LogP contribution < -0.4 is 5.32 Å². The van der Waals surface area contributed by atoms with Crippen molar-refractivity contribution in [3.8, 4) is 0 Å². The van der Waals surface area contributed by atoms with Gasteiger partial charge >= 0.3 is 0 Å². The molecule has 108 valence electrons. The highest BCUT2D eigenvalue weighted by Gasteiger charge is 2.15. The third-order valence-corrected chi connectivity index (χ3v) is 2.97. The van der Waals surface area contributed by atoms with Crippen LogP contribution in [-0.4, -0.2) is 24.8 Å². The van der Waals surface area contributed by atoms with Crippen molar-refractivity contribution >= 4 is 0 Å². The Kier molecular flexibility index (Phi) is 6.02. The second kappa shape index (κ2) is 7.06. The van der Waals surface area contributed by atoms with Crippen LogP contribution in [-0.2, 0) is 11.2 Å². The van der Waals surface area contributed by atoms with Gasteiger partial charge < -0.3 is 10.1 Å². The fraction of sp³-hybridized carbons (Fsp3) is 0.647. The van der Waals surface area contributed by atoms with Crippen molar-refractivity contribution in [2.75, 3.05) is 13.2 Å². The number of ether oxygens (including phenoxy) is 1. The number of aryl methyl sites for hydroxylation is 2. The highest BCUT2D eigenvalue weighted by molar-refractivity contribution is 5.29. The smallest absolute Gasteiger partial charge is 0.0629 e. The van der Waals surface area contributed by atoms with Gasteiger partial charge in [0.15, 0.2) is 0 Å². The molecule has 1 aromatic carbocycles. The second-order valence-electron chi connectivity index (χ2n) is 6.38. The molecule has 0 radical (unpaired) electrons. The minimum Gasteiger partial charge on any atom is -0.374 e. The molecule has 0 spiro atoms. The molecule has 2 heteroatoms. The van der Waals surface area contributed by atoms with E-state index in [-0.39, 0.29) is 5.60 Å². The lowest BCUT2D eigenvalue weighted by molar-refractivity contribution is -0.0141.